The molecule has 14 heavy (non-hydrogen) atoms. The van der Waals surface area contributed by atoms with E-state index in [0.717, 1.165) is 8.45 Å². The maximum atomic E-state index is 10.1. The number of thiophene rings is 1. The predicted molar refractivity (Wildman–Crippen MR) is 64.3 cm³/mol. The second kappa shape index (κ2) is 4.00. The molecule has 0 aliphatic carbocycles. The minimum absolute atomic E-state index is 0.609. The van der Waals surface area contributed by atoms with Crippen LogP contribution in [0.4, 0.5) is 0 Å². The van der Waals surface area contributed by atoms with E-state index in [4.69, 9.17) is 0 Å². The summed E-state index contributed by atoms with van der Waals surface area (Å²) >= 11 is 3.77. The van der Waals surface area contributed by atoms with Crippen LogP contribution < -0.4 is 0 Å². The van der Waals surface area contributed by atoms with Crippen molar-refractivity contribution < 1.29 is 5.11 Å². The van der Waals surface area contributed by atoms with Crippen LogP contribution in [0.1, 0.15) is 16.8 Å². The molecule has 0 aliphatic rings. The van der Waals surface area contributed by atoms with Gasteiger partial charge in [0, 0.05) is 23.0 Å². The summed E-state index contributed by atoms with van der Waals surface area (Å²) in [6, 6.07) is 1.99. The average molecular weight is 320 g/mol. The van der Waals surface area contributed by atoms with Gasteiger partial charge in [0.05, 0.1) is 4.88 Å². The molecule has 0 saturated carbocycles. The third-order valence-corrected chi connectivity index (χ3v) is 4.27. The molecule has 2 aromatic rings. The van der Waals surface area contributed by atoms with E-state index in [0.29, 0.717) is 5.82 Å². The van der Waals surface area contributed by atoms with Gasteiger partial charge in [-0.05, 0) is 34.0 Å². The Bertz CT molecular complexity index is 397. The van der Waals surface area contributed by atoms with Crippen molar-refractivity contribution in [1.29, 1.82) is 0 Å². The largest absolute Gasteiger partial charge is 0.380 e. The number of aliphatic hydroxyl groups is 1. The summed E-state index contributed by atoms with van der Waals surface area (Å²) in [5, 5.41) is 12.0. The molecule has 2 heterocycles. The molecular formula is C9H9IN2OS. The van der Waals surface area contributed by atoms with Crippen LogP contribution in [0, 0.1) is 3.57 Å². The number of imidazole rings is 1. The van der Waals surface area contributed by atoms with Crippen LogP contribution in [-0.2, 0) is 7.05 Å². The number of halogens is 1. The van der Waals surface area contributed by atoms with Crippen molar-refractivity contribution in [1.82, 2.24) is 9.55 Å². The maximum Gasteiger partial charge on any atom is 0.147 e. The van der Waals surface area contributed by atoms with Crippen molar-refractivity contribution in [2.75, 3.05) is 0 Å². The third-order valence-electron chi connectivity index (χ3n) is 2.00. The van der Waals surface area contributed by atoms with Crippen LogP contribution in [0.2, 0.25) is 0 Å². The second-order valence-electron chi connectivity index (χ2n) is 2.93. The molecule has 0 fully saturated rings. The smallest absolute Gasteiger partial charge is 0.147 e. The molecule has 2 rings (SSSR count). The predicted octanol–water partition coefficient (Wildman–Crippen LogP) is 2.17. The number of nitrogens with zero attached hydrogens (tertiary/aromatic N) is 2. The minimum Gasteiger partial charge on any atom is -0.380 e. The number of aliphatic hydroxyl groups excluding tert-OH is 1. The standard InChI is InChI=1S/C9H9IN2OS/c1-12-4-3-11-9(12)7(13)8-6(10)2-5-14-8/h2-5,7,13H,1H3. The summed E-state index contributed by atoms with van der Waals surface area (Å²) < 4.78 is 2.92. The molecule has 74 valence electrons. The Labute approximate surface area is 99.6 Å². The Kier molecular flexibility index (Phi) is 2.89. The number of aromatic nitrogens is 2. The number of aryl methyl sites for hydroxylation is 1. The van der Waals surface area contributed by atoms with Gasteiger partial charge in [0.1, 0.15) is 11.9 Å². The lowest BCUT2D eigenvalue weighted by Crippen LogP contribution is -2.06. The highest BCUT2D eigenvalue weighted by molar-refractivity contribution is 14.1. The Morgan fingerprint density at radius 1 is 1.64 bits per heavy atom. The normalized spacial score (nSPS) is 13.1. The van der Waals surface area contributed by atoms with Crippen molar-refractivity contribution in [2.45, 2.75) is 6.10 Å². The van der Waals surface area contributed by atoms with Gasteiger partial charge in [-0.1, -0.05) is 0 Å². The van der Waals surface area contributed by atoms with Gasteiger partial charge >= 0.3 is 0 Å². The zero-order valence-corrected chi connectivity index (χ0v) is 10.5. The summed E-state index contributed by atoms with van der Waals surface area (Å²) in [5.41, 5.74) is 0. The van der Waals surface area contributed by atoms with Gasteiger partial charge in [-0.25, -0.2) is 4.98 Å². The molecule has 0 amide bonds. The van der Waals surface area contributed by atoms with Gasteiger partial charge in [0.15, 0.2) is 0 Å². The number of rotatable bonds is 2. The summed E-state index contributed by atoms with van der Waals surface area (Å²) in [6.07, 6.45) is 2.92. The fourth-order valence-corrected chi connectivity index (χ4v) is 3.12. The van der Waals surface area contributed by atoms with Crippen molar-refractivity contribution in [3.8, 4) is 0 Å². The zero-order valence-electron chi connectivity index (χ0n) is 7.51. The van der Waals surface area contributed by atoms with Crippen LogP contribution in [0.3, 0.4) is 0 Å². The lowest BCUT2D eigenvalue weighted by atomic mass is 10.3. The molecule has 0 bridgehead atoms. The van der Waals surface area contributed by atoms with E-state index in [1.165, 1.54) is 0 Å². The quantitative estimate of drug-likeness (QED) is 0.861. The maximum absolute atomic E-state index is 10.1. The van der Waals surface area contributed by atoms with Crippen molar-refractivity contribution in [3.63, 3.8) is 0 Å². The number of hydrogen-bond acceptors (Lipinski definition) is 3. The SMILES string of the molecule is Cn1ccnc1C(O)c1sccc1I. The Balaban J connectivity index is 2.38. The van der Waals surface area contributed by atoms with E-state index in [9.17, 15) is 5.11 Å². The van der Waals surface area contributed by atoms with Crippen LogP contribution in [0.15, 0.2) is 23.8 Å². The highest BCUT2D eigenvalue weighted by Crippen LogP contribution is 2.29. The molecule has 3 nitrogen and oxygen atoms in total. The van der Waals surface area contributed by atoms with Crippen molar-refractivity contribution >= 4 is 33.9 Å². The van der Waals surface area contributed by atoms with Crippen molar-refractivity contribution in [3.05, 3.63) is 38.1 Å². The van der Waals surface area contributed by atoms with Crippen LogP contribution in [0.5, 0.6) is 0 Å². The summed E-state index contributed by atoms with van der Waals surface area (Å²) in [7, 11) is 1.88. The van der Waals surface area contributed by atoms with Gasteiger partial charge in [0.2, 0.25) is 0 Å². The van der Waals surface area contributed by atoms with E-state index in [-0.39, 0.29) is 0 Å². The molecule has 1 atom stereocenters. The van der Waals surface area contributed by atoms with Gasteiger partial charge in [-0.15, -0.1) is 11.3 Å². The molecule has 0 radical (unpaired) electrons. The fraction of sp³-hybridized carbons (Fsp3) is 0.222. The average Bonchev–Trinajstić information content (AvgIpc) is 2.73. The highest BCUT2D eigenvalue weighted by Gasteiger charge is 2.18. The molecule has 2 aromatic heterocycles. The van der Waals surface area contributed by atoms with E-state index in [1.54, 1.807) is 17.5 Å². The molecule has 0 saturated heterocycles. The lowest BCUT2D eigenvalue weighted by Gasteiger charge is -2.08. The molecule has 0 aliphatic heterocycles. The van der Waals surface area contributed by atoms with E-state index in [1.807, 2.05) is 29.3 Å². The summed E-state index contributed by atoms with van der Waals surface area (Å²) in [6.45, 7) is 0. The number of hydrogen-bond donors (Lipinski definition) is 1. The first-order valence-corrected chi connectivity index (χ1v) is 6.04. The first-order valence-electron chi connectivity index (χ1n) is 4.08. The summed E-state index contributed by atoms with van der Waals surface area (Å²) in [5.74, 6) is 0.686. The van der Waals surface area contributed by atoms with Gasteiger partial charge in [-0.3, -0.25) is 0 Å². The van der Waals surface area contributed by atoms with Crippen molar-refractivity contribution in [2.24, 2.45) is 7.05 Å². The van der Waals surface area contributed by atoms with Crippen LogP contribution in [-0.4, -0.2) is 14.7 Å². The molecular weight excluding hydrogens is 311 g/mol. The first-order chi connectivity index (χ1) is 6.70. The third kappa shape index (κ3) is 1.71. The van der Waals surface area contributed by atoms with Crippen LogP contribution >= 0.6 is 33.9 Å². The van der Waals surface area contributed by atoms with Gasteiger partial charge in [-0.2, -0.15) is 0 Å². The molecule has 0 aromatic carbocycles. The Hall–Kier alpha value is -0.400. The van der Waals surface area contributed by atoms with Crippen LogP contribution in [0.25, 0.3) is 0 Å². The first kappa shape index (κ1) is 10.1. The fourth-order valence-electron chi connectivity index (χ4n) is 1.26. The highest BCUT2D eigenvalue weighted by atomic mass is 127. The molecule has 1 unspecified atom stereocenters. The Morgan fingerprint density at radius 2 is 2.43 bits per heavy atom. The Morgan fingerprint density at radius 3 is 2.93 bits per heavy atom. The van der Waals surface area contributed by atoms with E-state index in [2.05, 4.69) is 27.6 Å². The molecule has 0 spiro atoms. The molecule has 1 N–H and O–H groups in total. The minimum atomic E-state index is -0.609. The molecule has 5 heteroatoms. The monoisotopic (exact) mass is 320 g/mol. The van der Waals surface area contributed by atoms with Gasteiger partial charge < -0.3 is 9.67 Å². The topological polar surface area (TPSA) is 38.0 Å². The second-order valence-corrected chi connectivity index (χ2v) is 5.04. The van der Waals surface area contributed by atoms with E-state index < -0.39 is 6.10 Å². The lowest BCUT2D eigenvalue weighted by molar-refractivity contribution is 0.209. The zero-order chi connectivity index (χ0) is 10.1. The van der Waals surface area contributed by atoms with Gasteiger partial charge in [0.25, 0.3) is 0 Å². The van der Waals surface area contributed by atoms with E-state index >= 15 is 0 Å². The summed E-state index contributed by atoms with van der Waals surface area (Å²) in [4.78, 5) is 5.09.